The summed E-state index contributed by atoms with van der Waals surface area (Å²) >= 11 is 3.22. The van der Waals surface area contributed by atoms with Crippen molar-refractivity contribution in [2.45, 2.75) is 31.7 Å². The zero-order valence-electron chi connectivity index (χ0n) is 9.35. The fourth-order valence-corrected chi connectivity index (χ4v) is 3.81. The summed E-state index contributed by atoms with van der Waals surface area (Å²) in [6.07, 6.45) is 4.94. The molecule has 4 heteroatoms. The first kappa shape index (κ1) is 11.5. The van der Waals surface area contributed by atoms with Crippen LogP contribution < -0.4 is 5.32 Å². The second kappa shape index (κ2) is 4.23. The molecule has 0 spiro atoms. The third-order valence-corrected chi connectivity index (χ3v) is 4.70. The third-order valence-electron chi connectivity index (χ3n) is 4.07. The highest BCUT2D eigenvalue weighted by Crippen LogP contribution is 2.46. The smallest absolute Gasteiger partial charge is 0.150 e. The van der Waals surface area contributed by atoms with Gasteiger partial charge >= 0.3 is 0 Å². The zero-order chi connectivity index (χ0) is 12.0. The Morgan fingerprint density at radius 2 is 2.00 bits per heavy atom. The predicted molar refractivity (Wildman–Crippen MR) is 66.9 cm³/mol. The van der Waals surface area contributed by atoms with E-state index in [1.807, 2.05) is 0 Å². The molecule has 92 valence electrons. The number of fused-ring (bicyclic) bond motifs is 2. The molecule has 1 aromatic rings. The molecular weight excluding hydrogens is 288 g/mol. The molecule has 1 aromatic carbocycles. The summed E-state index contributed by atoms with van der Waals surface area (Å²) in [6.45, 7) is 0. The van der Waals surface area contributed by atoms with E-state index >= 15 is 0 Å². The highest BCUT2D eigenvalue weighted by atomic mass is 79.9. The maximum absolute atomic E-state index is 13.7. The van der Waals surface area contributed by atoms with Gasteiger partial charge in [0.25, 0.3) is 0 Å². The van der Waals surface area contributed by atoms with Crippen molar-refractivity contribution in [1.82, 2.24) is 0 Å². The van der Waals surface area contributed by atoms with Crippen molar-refractivity contribution < 1.29 is 8.78 Å². The molecule has 0 heterocycles. The number of halogens is 3. The Balaban J connectivity index is 1.81. The van der Waals surface area contributed by atoms with Crippen LogP contribution in [0.25, 0.3) is 0 Å². The van der Waals surface area contributed by atoms with Crippen LogP contribution in [0.5, 0.6) is 0 Å². The standard InChI is InChI=1S/C13H14BrF2N/c14-10-5-9(15)6-11(16)13(10)17-12-4-7-1-2-8(12)3-7/h5-8,12,17H,1-4H2. The van der Waals surface area contributed by atoms with Crippen molar-refractivity contribution in [3.05, 3.63) is 28.2 Å². The van der Waals surface area contributed by atoms with Gasteiger partial charge in [-0.1, -0.05) is 6.42 Å². The summed E-state index contributed by atoms with van der Waals surface area (Å²) in [5.41, 5.74) is 0.406. The van der Waals surface area contributed by atoms with Gasteiger partial charge in [0.05, 0.1) is 5.69 Å². The number of anilines is 1. The predicted octanol–water partition coefficient (Wildman–Crippen LogP) is 4.33. The summed E-state index contributed by atoms with van der Waals surface area (Å²) in [6, 6.07) is 2.59. The SMILES string of the molecule is Fc1cc(F)c(NC2CC3CCC2C3)c(Br)c1. The molecular formula is C13H14BrF2N. The number of hydrogen-bond acceptors (Lipinski definition) is 1. The van der Waals surface area contributed by atoms with Crippen LogP contribution >= 0.6 is 15.9 Å². The van der Waals surface area contributed by atoms with Gasteiger partial charge in [-0.15, -0.1) is 0 Å². The molecule has 3 unspecified atom stereocenters. The molecule has 2 saturated carbocycles. The summed E-state index contributed by atoms with van der Waals surface area (Å²) in [4.78, 5) is 0. The molecule has 0 aromatic heterocycles. The van der Waals surface area contributed by atoms with E-state index < -0.39 is 11.6 Å². The van der Waals surface area contributed by atoms with Crippen molar-refractivity contribution >= 4 is 21.6 Å². The van der Waals surface area contributed by atoms with E-state index in [1.54, 1.807) is 0 Å². The minimum atomic E-state index is -0.548. The summed E-state index contributed by atoms with van der Waals surface area (Å²) in [5.74, 6) is 0.406. The van der Waals surface area contributed by atoms with Gasteiger partial charge in [-0.2, -0.15) is 0 Å². The van der Waals surface area contributed by atoms with Crippen molar-refractivity contribution in [2.24, 2.45) is 11.8 Å². The first-order valence-electron chi connectivity index (χ1n) is 6.04. The van der Waals surface area contributed by atoms with Crippen LogP contribution in [0.4, 0.5) is 14.5 Å². The number of benzene rings is 1. The minimum Gasteiger partial charge on any atom is -0.379 e. The molecule has 17 heavy (non-hydrogen) atoms. The van der Waals surface area contributed by atoms with Gasteiger partial charge in [0.1, 0.15) is 11.6 Å². The largest absolute Gasteiger partial charge is 0.379 e. The lowest BCUT2D eigenvalue weighted by molar-refractivity contribution is 0.437. The first-order valence-corrected chi connectivity index (χ1v) is 6.84. The number of hydrogen-bond donors (Lipinski definition) is 1. The molecule has 0 saturated heterocycles. The monoisotopic (exact) mass is 301 g/mol. The van der Waals surface area contributed by atoms with Gasteiger partial charge in [0.15, 0.2) is 0 Å². The van der Waals surface area contributed by atoms with Crippen LogP contribution in [-0.4, -0.2) is 6.04 Å². The van der Waals surface area contributed by atoms with Crippen molar-refractivity contribution in [2.75, 3.05) is 5.32 Å². The second-order valence-corrected chi connectivity index (χ2v) is 6.02. The van der Waals surface area contributed by atoms with Crippen LogP contribution in [0.3, 0.4) is 0 Å². The Labute approximate surface area is 108 Å². The Morgan fingerprint density at radius 1 is 1.18 bits per heavy atom. The van der Waals surface area contributed by atoms with E-state index in [0.717, 1.165) is 18.4 Å². The molecule has 0 amide bonds. The highest BCUT2D eigenvalue weighted by Gasteiger charge is 2.39. The summed E-state index contributed by atoms with van der Waals surface area (Å²) in [5, 5.41) is 3.25. The molecule has 2 aliphatic rings. The van der Waals surface area contributed by atoms with E-state index in [-0.39, 0.29) is 0 Å². The van der Waals surface area contributed by atoms with Crippen LogP contribution in [0.1, 0.15) is 25.7 Å². The molecule has 3 atom stereocenters. The average Bonchev–Trinajstić information content (AvgIpc) is 2.84. The van der Waals surface area contributed by atoms with Crippen LogP contribution in [-0.2, 0) is 0 Å². The molecule has 1 nitrogen and oxygen atoms in total. The topological polar surface area (TPSA) is 12.0 Å². The lowest BCUT2D eigenvalue weighted by atomic mass is 9.95. The molecule has 1 N–H and O–H groups in total. The second-order valence-electron chi connectivity index (χ2n) is 5.17. The fourth-order valence-electron chi connectivity index (χ4n) is 3.29. The summed E-state index contributed by atoms with van der Waals surface area (Å²) in [7, 11) is 0. The Bertz CT molecular complexity index is 426. The quantitative estimate of drug-likeness (QED) is 0.857. The molecule has 3 rings (SSSR count). The van der Waals surface area contributed by atoms with Gasteiger partial charge in [-0.3, -0.25) is 0 Å². The summed E-state index contributed by atoms with van der Waals surface area (Å²) < 4.78 is 27.1. The van der Waals surface area contributed by atoms with Gasteiger partial charge in [-0.05, 0) is 53.1 Å². The van der Waals surface area contributed by atoms with Crippen molar-refractivity contribution in [3.63, 3.8) is 0 Å². The lowest BCUT2D eigenvalue weighted by Gasteiger charge is -2.24. The molecule has 2 bridgehead atoms. The Hall–Kier alpha value is -0.640. The molecule has 0 aliphatic heterocycles. The van der Waals surface area contributed by atoms with Crippen LogP contribution in [0, 0.1) is 23.5 Å². The Morgan fingerprint density at radius 3 is 2.59 bits per heavy atom. The maximum atomic E-state index is 13.7. The average molecular weight is 302 g/mol. The van der Waals surface area contributed by atoms with Crippen LogP contribution in [0.15, 0.2) is 16.6 Å². The van der Waals surface area contributed by atoms with E-state index in [0.29, 0.717) is 22.1 Å². The van der Waals surface area contributed by atoms with Gasteiger partial charge in [0.2, 0.25) is 0 Å². The van der Waals surface area contributed by atoms with Gasteiger partial charge in [0, 0.05) is 16.6 Å². The first-order chi connectivity index (χ1) is 8.13. The van der Waals surface area contributed by atoms with E-state index in [4.69, 9.17) is 0 Å². The molecule has 2 aliphatic carbocycles. The normalized spacial score (nSPS) is 30.9. The maximum Gasteiger partial charge on any atom is 0.150 e. The van der Waals surface area contributed by atoms with Crippen molar-refractivity contribution in [1.29, 1.82) is 0 Å². The lowest BCUT2D eigenvalue weighted by Crippen LogP contribution is -2.26. The minimum absolute atomic E-state index is 0.352. The highest BCUT2D eigenvalue weighted by molar-refractivity contribution is 9.10. The van der Waals surface area contributed by atoms with E-state index in [9.17, 15) is 8.78 Å². The van der Waals surface area contributed by atoms with Gasteiger partial charge in [-0.25, -0.2) is 8.78 Å². The third kappa shape index (κ3) is 2.07. The van der Waals surface area contributed by atoms with Gasteiger partial charge < -0.3 is 5.32 Å². The number of rotatable bonds is 2. The zero-order valence-corrected chi connectivity index (χ0v) is 10.9. The van der Waals surface area contributed by atoms with E-state index in [1.165, 1.54) is 25.3 Å². The Kier molecular flexibility index (Phi) is 2.85. The van der Waals surface area contributed by atoms with Crippen molar-refractivity contribution in [3.8, 4) is 0 Å². The molecule has 2 fully saturated rings. The molecule has 0 radical (unpaired) electrons. The van der Waals surface area contributed by atoms with E-state index in [2.05, 4.69) is 21.2 Å². The van der Waals surface area contributed by atoms with Crippen LogP contribution in [0.2, 0.25) is 0 Å². The number of nitrogens with one attached hydrogen (secondary N) is 1. The fraction of sp³-hybridized carbons (Fsp3) is 0.538.